The topological polar surface area (TPSA) is 9.23 Å². The maximum Gasteiger partial charge on any atom is 0.124 e. The molecule has 1 rings (SSSR count). The molecular weight excluding hydrogens is 255 g/mol. The van der Waals surface area contributed by atoms with E-state index in [0.717, 1.165) is 19.2 Å². The molecule has 0 N–H and O–H groups in total. The minimum atomic E-state index is -1.71. The van der Waals surface area contributed by atoms with Gasteiger partial charge in [0.25, 0.3) is 0 Å². The number of rotatable bonds is 7. The molecule has 0 bridgehead atoms. The van der Waals surface area contributed by atoms with Gasteiger partial charge in [0.15, 0.2) is 0 Å². The minimum Gasteiger partial charge on any atom is -0.341 e. The summed E-state index contributed by atoms with van der Waals surface area (Å²) in [6, 6.07) is 10.3. The molecule has 0 saturated heterocycles. The van der Waals surface area contributed by atoms with Gasteiger partial charge in [0, 0.05) is 17.7 Å². The first-order valence-electron chi connectivity index (χ1n) is 5.68. The number of hydrogen-bond donors (Lipinski definition) is 0. The highest BCUT2D eigenvalue weighted by molar-refractivity contribution is 8.69. The van der Waals surface area contributed by atoms with Crippen LogP contribution in [0.4, 0.5) is 0 Å². The van der Waals surface area contributed by atoms with E-state index >= 15 is 0 Å². The molecule has 0 aliphatic carbocycles. The van der Waals surface area contributed by atoms with Gasteiger partial charge in [-0.25, -0.2) is 0 Å². The van der Waals surface area contributed by atoms with E-state index < -0.39 is 5.47 Å². The highest BCUT2D eigenvalue weighted by atomic mass is 32.9. The highest BCUT2D eigenvalue weighted by Gasteiger charge is 2.18. The van der Waals surface area contributed by atoms with Gasteiger partial charge in [-0.05, 0) is 25.5 Å². The van der Waals surface area contributed by atoms with Crippen LogP contribution in [0, 0.1) is 0 Å². The average Bonchev–Trinajstić information content (AvgIpc) is 2.28. The van der Waals surface area contributed by atoms with Crippen LogP contribution in [0.5, 0.6) is 0 Å². The molecule has 0 radical (unpaired) electrons. The second-order valence-corrected chi connectivity index (χ2v) is 10.9. The smallest absolute Gasteiger partial charge is 0.124 e. The summed E-state index contributed by atoms with van der Waals surface area (Å²) in [5.74, 6) is 0. The molecule has 1 aromatic carbocycles. The molecular formula is C12H19OPS2. The van der Waals surface area contributed by atoms with Crippen LogP contribution in [0.25, 0.3) is 0 Å². The van der Waals surface area contributed by atoms with Crippen molar-refractivity contribution < 1.29 is 4.52 Å². The molecule has 0 heterocycles. The number of benzene rings is 1. The largest absolute Gasteiger partial charge is 0.341 e. The van der Waals surface area contributed by atoms with Crippen molar-refractivity contribution >= 4 is 28.7 Å². The van der Waals surface area contributed by atoms with Crippen LogP contribution in [0.3, 0.4) is 0 Å². The van der Waals surface area contributed by atoms with Gasteiger partial charge >= 0.3 is 0 Å². The zero-order valence-electron chi connectivity index (χ0n) is 9.89. The van der Waals surface area contributed by atoms with Gasteiger partial charge in [-0.3, -0.25) is 0 Å². The van der Waals surface area contributed by atoms with Crippen molar-refractivity contribution in [1.82, 2.24) is 0 Å². The van der Waals surface area contributed by atoms with Gasteiger partial charge < -0.3 is 4.52 Å². The lowest BCUT2D eigenvalue weighted by Gasteiger charge is -2.20. The first kappa shape index (κ1) is 14.2. The lowest BCUT2D eigenvalue weighted by Crippen LogP contribution is -1.92. The van der Waals surface area contributed by atoms with Gasteiger partial charge in [0.2, 0.25) is 0 Å². The zero-order valence-corrected chi connectivity index (χ0v) is 12.4. The molecule has 0 aliphatic rings. The van der Waals surface area contributed by atoms with Gasteiger partial charge in [0.05, 0.1) is 0 Å². The second-order valence-electron chi connectivity index (χ2n) is 3.51. The Kier molecular flexibility index (Phi) is 6.67. The van der Waals surface area contributed by atoms with E-state index in [9.17, 15) is 0 Å². The maximum atomic E-state index is 5.82. The van der Waals surface area contributed by atoms with Gasteiger partial charge in [-0.1, -0.05) is 54.7 Å². The standard InChI is InChI=1S/C12H19OPS2/c1-3-5-11-14(15,13-4-2)16-12-9-7-6-8-10-12/h6-10H,3-5,11H2,1-2H3. The molecule has 4 heteroatoms. The van der Waals surface area contributed by atoms with Crippen molar-refractivity contribution in [2.75, 3.05) is 12.8 Å². The first-order chi connectivity index (χ1) is 7.70. The summed E-state index contributed by atoms with van der Waals surface area (Å²) in [5, 5.41) is 0. The predicted octanol–water partition coefficient (Wildman–Crippen LogP) is 4.92. The van der Waals surface area contributed by atoms with Gasteiger partial charge in [-0.2, -0.15) is 0 Å². The molecule has 16 heavy (non-hydrogen) atoms. The van der Waals surface area contributed by atoms with E-state index in [1.165, 1.54) is 11.3 Å². The first-order valence-corrected chi connectivity index (χ1v) is 10.0. The molecule has 0 amide bonds. The Morgan fingerprint density at radius 1 is 1.25 bits per heavy atom. The summed E-state index contributed by atoms with van der Waals surface area (Å²) in [6.07, 6.45) is 3.38. The van der Waals surface area contributed by atoms with Crippen molar-refractivity contribution in [3.8, 4) is 0 Å². The lowest BCUT2D eigenvalue weighted by atomic mass is 10.4. The van der Waals surface area contributed by atoms with Crippen molar-refractivity contribution in [1.29, 1.82) is 0 Å². The van der Waals surface area contributed by atoms with E-state index in [0.29, 0.717) is 0 Å². The Labute approximate surface area is 108 Å². The van der Waals surface area contributed by atoms with Gasteiger partial charge in [0.1, 0.15) is 5.47 Å². The predicted molar refractivity (Wildman–Crippen MR) is 78.0 cm³/mol. The molecule has 0 saturated carbocycles. The fourth-order valence-corrected chi connectivity index (χ4v) is 7.24. The second kappa shape index (κ2) is 7.50. The summed E-state index contributed by atoms with van der Waals surface area (Å²) in [5.41, 5.74) is -1.71. The normalized spacial score (nSPS) is 14.6. The minimum absolute atomic E-state index is 0.723. The maximum absolute atomic E-state index is 5.82. The fourth-order valence-electron chi connectivity index (χ4n) is 1.33. The van der Waals surface area contributed by atoms with Gasteiger partial charge in [-0.15, -0.1) is 0 Å². The molecule has 0 spiro atoms. The monoisotopic (exact) mass is 274 g/mol. The molecule has 1 aromatic rings. The van der Waals surface area contributed by atoms with Crippen molar-refractivity contribution in [2.24, 2.45) is 0 Å². The van der Waals surface area contributed by atoms with Crippen molar-refractivity contribution in [2.45, 2.75) is 31.6 Å². The van der Waals surface area contributed by atoms with E-state index in [2.05, 4.69) is 19.1 Å². The highest BCUT2D eigenvalue weighted by Crippen LogP contribution is 2.63. The van der Waals surface area contributed by atoms with E-state index in [-0.39, 0.29) is 0 Å². The third kappa shape index (κ3) is 5.01. The molecule has 90 valence electrons. The fraction of sp³-hybridized carbons (Fsp3) is 0.500. The summed E-state index contributed by atoms with van der Waals surface area (Å²) in [6.45, 7) is 4.94. The van der Waals surface area contributed by atoms with Crippen LogP contribution in [-0.4, -0.2) is 12.8 Å². The summed E-state index contributed by atoms with van der Waals surface area (Å²) in [4.78, 5) is 1.23. The Balaban J connectivity index is 2.67. The van der Waals surface area contributed by atoms with E-state index in [4.69, 9.17) is 16.3 Å². The third-order valence-electron chi connectivity index (χ3n) is 2.10. The summed E-state index contributed by atoms with van der Waals surface area (Å²) >= 11 is 7.46. The van der Waals surface area contributed by atoms with Crippen LogP contribution in [0.15, 0.2) is 35.2 Å². The molecule has 1 nitrogen and oxygen atoms in total. The molecule has 1 atom stereocenters. The molecule has 0 aliphatic heterocycles. The van der Waals surface area contributed by atoms with Crippen molar-refractivity contribution in [3.05, 3.63) is 30.3 Å². The summed E-state index contributed by atoms with van der Waals surface area (Å²) < 4.78 is 5.82. The Morgan fingerprint density at radius 3 is 2.50 bits per heavy atom. The zero-order chi connectivity index (χ0) is 11.9. The van der Waals surface area contributed by atoms with Crippen LogP contribution in [-0.2, 0) is 16.3 Å². The van der Waals surface area contributed by atoms with Crippen LogP contribution >= 0.6 is 16.8 Å². The SMILES string of the molecule is CCCCP(=S)(OCC)Sc1ccccc1. The van der Waals surface area contributed by atoms with Crippen LogP contribution in [0.1, 0.15) is 26.7 Å². The molecule has 0 aromatic heterocycles. The number of unbranched alkanes of at least 4 members (excludes halogenated alkanes) is 1. The number of hydrogen-bond acceptors (Lipinski definition) is 3. The lowest BCUT2D eigenvalue weighted by molar-refractivity contribution is 0.384. The van der Waals surface area contributed by atoms with E-state index in [1.54, 1.807) is 11.4 Å². The van der Waals surface area contributed by atoms with Crippen molar-refractivity contribution in [3.63, 3.8) is 0 Å². The average molecular weight is 274 g/mol. The van der Waals surface area contributed by atoms with Crippen LogP contribution < -0.4 is 0 Å². The Bertz CT molecular complexity index is 340. The molecule has 1 unspecified atom stereocenters. The molecule has 0 fully saturated rings. The quantitative estimate of drug-likeness (QED) is 0.653. The van der Waals surface area contributed by atoms with Crippen LogP contribution in [0.2, 0.25) is 0 Å². The Hall–Kier alpha value is 0.180. The van der Waals surface area contributed by atoms with E-state index in [1.807, 2.05) is 25.1 Å². The Morgan fingerprint density at radius 2 is 1.94 bits per heavy atom. The summed E-state index contributed by atoms with van der Waals surface area (Å²) in [7, 11) is 0. The third-order valence-corrected chi connectivity index (χ3v) is 8.24.